The summed E-state index contributed by atoms with van der Waals surface area (Å²) in [6.07, 6.45) is 0. The van der Waals surface area contributed by atoms with Crippen molar-refractivity contribution in [2.45, 2.75) is 40.0 Å². The van der Waals surface area contributed by atoms with E-state index in [4.69, 9.17) is 4.74 Å². The Bertz CT molecular complexity index is 598. The van der Waals surface area contributed by atoms with Crippen molar-refractivity contribution in [2.24, 2.45) is 0 Å². The first-order valence-corrected chi connectivity index (χ1v) is 7.55. The second kappa shape index (κ2) is 3.88. The van der Waals surface area contributed by atoms with Gasteiger partial charge in [-0.15, -0.1) is 0 Å². The minimum absolute atomic E-state index is 0.00286. The van der Waals surface area contributed by atoms with Gasteiger partial charge in [0.15, 0.2) is 0 Å². The normalized spacial score (nSPS) is 17.6. The fraction of sp³-hybridized carbons (Fsp3) is 0.538. The molecule has 0 saturated carbocycles. The van der Waals surface area contributed by atoms with Crippen LogP contribution in [0.15, 0.2) is 6.07 Å². The van der Waals surface area contributed by atoms with Crippen molar-refractivity contribution < 1.29 is 13.2 Å². The summed E-state index contributed by atoms with van der Waals surface area (Å²) in [7, 11) is -3.35. The topological polar surface area (TPSA) is 55.4 Å². The van der Waals surface area contributed by atoms with Crippen LogP contribution in [0.1, 0.15) is 37.5 Å². The Morgan fingerprint density at radius 3 is 2.44 bits per heavy atom. The summed E-state index contributed by atoms with van der Waals surface area (Å²) >= 11 is 0. The van der Waals surface area contributed by atoms with Crippen molar-refractivity contribution in [3.8, 4) is 5.75 Å². The predicted molar refractivity (Wildman–Crippen MR) is 72.7 cm³/mol. The lowest BCUT2D eigenvalue weighted by Gasteiger charge is -2.29. The van der Waals surface area contributed by atoms with Crippen molar-refractivity contribution in [2.75, 3.05) is 10.7 Å². The second-order valence-electron chi connectivity index (χ2n) is 5.80. The Morgan fingerprint density at radius 1 is 1.28 bits per heavy atom. The van der Waals surface area contributed by atoms with Crippen molar-refractivity contribution in [1.82, 2.24) is 0 Å². The van der Waals surface area contributed by atoms with Gasteiger partial charge in [0.1, 0.15) is 5.75 Å². The Hall–Kier alpha value is -1.23. The summed E-state index contributed by atoms with van der Waals surface area (Å²) in [4.78, 5) is 0. The molecule has 2 rings (SSSR count). The van der Waals surface area contributed by atoms with Gasteiger partial charge in [-0.25, -0.2) is 8.42 Å². The van der Waals surface area contributed by atoms with Crippen LogP contribution >= 0.6 is 0 Å². The molecule has 0 unspecified atom stereocenters. The maximum atomic E-state index is 11.5. The molecule has 100 valence electrons. The molecule has 0 radical (unpaired) electrons. The molecule has 0 saturated heterocycles. The van der Waals surface area contributed by atoms with Crippen molar-refractivity contribution in [3.05, 3.63) is 22.8 Å². The Kier molecular flexibility index (Phi) is 2.85. The number of benzene rings is 1. The average Bonchev–Trinajstić information content (AvgIpc) is 2.12. The van der Waals surface area contributed by atoms with Gasteiger partial charge in [0, 0.05) is 0 Å². The molecule has 1 aromatic rings. The fourth-order valence-electron chi connectivity index (χ4n) is 2.71. The number of rotatable bonds is 0. The van der Waals surface area contributed by atoms with E-state index < -0.39 is 10.0 Å². The van der Waals surface area contributed by atoms with Crippen LogP contribution in [-0.4, -0.2) is 14.4 Å². The van der Waals surface area contributed by atoms with Gasteiger partial charge in [-0.1, -0.05) is 20.8 Å². The lowest BCUT2D eigenvalue weighted by Crippen LogP contribution is -2.27. The second-order valence-corrected chi connectivity index (χ2v) is 7.47. The van der Waals surface area contributed by atoms with Crippen LogP contribution in [0, 0.1) is 13.8 Å². The first-order chi connectivity index (χ1) is 8.12. The third-order valence-corrected chi connectivity index (χ3v) is 4.05. The standard InChI is InChI=1S/C13H19NO3S/c1-8-6-10-12(17-7-18(15,16)14-10)9(2)11(8)13(3,4)5/h6,14H,7H2,1-5H3. The van der Waals surface area contributed by atoms with Crippen LogP contribution in [0.4, 0.5) is 5.69 Å². The average molecular weight is 269 g/mol. The molecular weight excluding hydrogens is 250 g/mol. The molecule has 0 aliphatic carbocycles. The Morgan fingerprint density at radius 2 is 1.89 bits per heavy atom. The van der Waals surface area contributed by atoms with E-state index in [0.29, 0.717) is 11.4 Å². The quantitative estimate of drug-likeness (QED) is 0.788. The summed E-state index contributed by atoms with van der Waals surface area (Å²) in [6.45, 7) is 10.4. The largest absolute Gasteiger partial charge is 0.473 e. The summed E-state index contributed by atoms with van der Waals surface area (Å²) < 4.78 is 30.9. The molecule has 1 aromatic carbocycles. The molecule has 1 N–H and O–H groups in total. The van der Waals surface area contributed by atoms with Crippen LogP contribution in [-0.2, 0) is 15.4 Å². The summed E-state index contributed by atoms with van der Waals surface area (Å²) in [5, 5.41) is 0. The molecule has 0 atom stereocenters. The van der Waals surface area contributed by atoms with Crippen molar-refractivity contribution >= 4 is 15.7 Å². The van der Waals surface area contributed by atoms with Gasteiger partial charge in [0.05, 0.1) is 5.69 Å². The summed E-state index contributed by atoms with van der Waals surface area (Å²) in [5.41, 5.74) is 3.85. The van der Waals surface area contributed by atoms with Crippen LogP contribution in [0.25, 0.3) is 0 Å². The molecule has 0 spiro atoms. The first kappa shape index (κ1) is 13.2. The van der Waals surface area contributed by atoms with Crippen molar-refractivity contribution in [1.29, 1.82) is 0 Å². The number of ether oxygens (including phenoxy) is 1. The molecule has 18 heavy (non-hydrogen) atoms. The third kappa shape index (κ3) is 2.19. The van der Waals surface area contributed by atoms with Crippen LogP contribution in [0.2, 0.25) is 0 Å². The lowest BCUT2D eigenvalue weighted by atomic mass is 9.80. The summed E-state index contributed by atoms with van der Waals surface area (Å²) in [6, 6.07) is 1.85. The molecule has 0 fully saturated rings. The van der Waals surface area contributed by atoms with E-state index in [1.165, 1.54) is 5.56 Å². The van der Waals surface area contributed by atoms with Crippen LogP contribution in [0.3, 0.4) is 0 Å². The highest BCUT2D eigenvalue weighted by Crippen LogP contribution is 2.41. The van der Waals surface area contributed by atoms with Gasteiger partial charge < -0.3 is 4.74 Å². The van der Waals surface area contributed by atoms with Gasteiger partial charge in [-0.2, -0.15) is 0 Å². The predicted octanol–water partition coefficient (Wildman–Crippen LogP) is 2.69. The lowest BCUT2D eigenvalue weighted by molar-refractivity contribution is 0.370. The van der Waals surface area contributed by atoms with Crippen LogP contribution in [0.5, 0.6) is 5.75 Å². The maximum Gasteiger partial charge on any atom is 0.268 e. The number of fused-ring (bicyclic) bond motifs is 1. The zero-order valence-electron chi connectivity index (χ0n) is 11.4. The van der Waals surface area contributed by atoms with E-state index in [0.717, 1.165) is 11.1 Å². The minimum atomic E-state index is -3.35. The number of anilines is 1. The number of hydrogen-bond donors (Lipinski definition) is 1. The highest BCUT2D eigenvalue weighted by molar-refractivity contribution is 7.92. The first-order valence-electron chi connectivity index (χ1n) is 5.90. The van der Waals surface area contributed by atoms with Gasteiger partial charge in [-0.3, -0.25) is 4.72 Å². The van der Waals surface area contributed by atoms with E-state index in [1.54, 1.807) is 0 Å². The third-order valence-electron chi connectivity index (χ3n) is 3.09. The molecule has 4 nitrogen and oxygen atoms in total. The molecule has 0 bridgehead atoms. The molecular formula is C13H19NO3S. The minimum Gasteiger partial charge on any atom is -0.473 e. The van der Waals surface area contributed by atoms with E-state index in [1.807, 2.05) is 19.9 Å². The smallest absolute Gasteiger partial charge is 0.268 e. The van der Waals surface area contributed by atoms with Crippen LogP contribution < -0.4 is 9.46 Å². The zero-order valence-corrected chi connectivity index (χ0v) is 12.2. The van der Waals surface area contributed by atoms with E-state index in [9.17, 15) is 8.42 Å². The monoisotopic (exact) mass is 269 g/mol. The van der Waals surface area contributed by atoms with Crippen molar-refractivity contribution in [3.63, 3.8) is 0 Å². The number of hydrogen-bond acceptors (Lipinski definition) is 3. The molecule has 0 amide bonds. The van der Waals surface area contributed by atoms with E-state index in [2.05, 4.69) is 25.5 Å². The molecule has 1 aliphatic heterocycles. The highest BCUT2D eigenvalue weighted by atomic mass is 32.2. The number of nitrogens with one attached hydrogen (secondary N) is 1. The highest BCUT2D eigenvalue weighted by Gasteiger charge is 2.28. The van der Waals surface area contributed by atoms with Gasteiger partial charge in [0.2, 0.25) is 5.94 Å². The Balaban J connectivity index is 2.66. The van der Waals surface area contributed by atoms with Gasteiger partial charge in [0.25, 0.3) is 10.0 Å². The summed E-state index contributed by atoms with van der Waals surface area (Å²) in [5.74, 6) is 0.341. The fourth-order valence-corrected chi connectivity index (χ4v) is 3.53. The number of aryl methyl sites for hydroxylation is 1. The molecule has 5 heteroatoms. The number of sulfonamides is 1. The molecule has 1 heterocycles. The van der Waals surface area contributed by atoms with Gasteiger partial charge in [-0.05, 0) is 42.0 Å². The maximum absolute atomic E-state index is 11.5. The Labute approximate surface area is 108 Å². The SMILES string of the molecule is Cc1cc2c(c(C)c1C(C)(C)C)OCS(=O)(=O)N2. The molecule has 0 aromatic heterocycles. The molecule has 1 aliphatic rings. The van der Waals surface area contributed by atoms with E-state index in [-0.39, 0.29) is 11.4 Å². The van der Waals surface area contributed by atoms with E-state index >= 15 is 0 Å². The van der Waals surface area contributed by atoms with Gasteiger partial charge >= 0.3 is 0 Å². The zero-order chi connectivity index (χ0) is 13.7.